The fourth-order valence-corrected chi connectivity index (χ4v) is 3.13. The van der Waals surface area contributed by atoms with Crippen molar-refractivity contribution in [2.45, 2.75) is 19.8 Å². The molecule has 2 heterocycles. The smallest absolute Gasteiger partial charge is 0.255 e. The number of nitrogens with zero attached hydrogens (tertiary/aromatic N) is 1. The number of benzene rings is 1. The van der Waals surface area contributed by atoms with Gasteiger partial charge in [-0.25, -0.2) is 0 Å². The van der Waals surface area contributed by atoms with Gasteiger partial charge in [-0.15, -0.1) is 0 Å². The molecule has 0 atom stereocenters. The molecule has 0 unspecified atom stereocenters. The summed E-state index contributed by atoms with van der Waals surface area (Å²) in [7, 11) is 0. The summed E-state index contributed by atoms with van der Waals surface area (Å²) in [6.45, 7) is 5.76. The van der Waals surface area contributed by atoms with Gasteiger partial charge < -0.3 is 20.1 Å². The van der Waals surface area contributed by atoms with Crippen LogP contribution in [0.4, 0.5) is 5.69 Å². The van der Waals surface area contributed by atoms with Crippen LogP contribution in [0.25, 0.3) is 0 Å². The minimum Gasteiger partial charge on any atom is -0.396 e. The summed E-state index contributed by atoms with van der Waals surface area (Å²) in [4.78, 5) is 14.8. The second-order valence-corrected chi connectivity index (χ2v) is 7.02. The van der Waals surface area contributed by atoms with Crippen LogP contribution in [0.15, 0.2) is 24.3 Å². The van der Waals surface area contributed by atoms with Crippen LogP contribution in [0.2, 0.25) is 0 Å². The first kappa shape index (κ1) is 16.3. The van der Waals surface area contributed by atoms with Crippen molar-refractivity contribution in [3.8, 4) is 0 Å². The average molecular weight is 318 g/mol. The Morgan fingerprint density at radius 1 is 1.35 bits per heavy atom. The van der Waals surface area contributed by atoms with Gasteiger partial charge in [0.1, 0.15) is 0 Å². The van der Waals surface area contributed by atoms with Crippen LogP contribution in [-0.2, 0) is 4.74 Å². The van der Waals surface area contributed by atoms with Gasteiger partial charge in [0.05, 0.1) is 30.8 Å². The van der Waals surface area contributed by atoms with E-state index in [0.717, 1.165) is 37.2 Å². The number of rotatable bonds is 5. The second-order valence-electron chi connectivity index (χ2n) is 7.02. The predicted octanol–water partition coefficient (Wildman–Crippen LogP) is 1.98. The number of carbonyl (C=O) groups is 1. The average Bonchev–Trinajstić information content (AvgIpc) is 2.55. The molecule has 5 nitrogen and oxygen atoms in total. The second kappa shape index (κ2) is 6.89. The van der Waals surface area contributed by atoms with Crippen LogP contribution in [-0.4, -0.2) is 55.4 Å². The highest BCUT2D eigenvalue weighted by molar-refractivity contribution is 5.99. The monoisotopic (exact) mass is 318 g/mol. The third kappa shape index (κ3) is 3.51. The zero-order chi connectivity index (χ0) is 16.3. The Labute approximate surface area is 137 Å². The standard InChI is InChI=1S/C18H26N2O3/c1-14-6-8-20(9-7-14)17(22)15-4-2-3-5-16(15)19-10-18(11-21)12-23-13-18/h2-5,14,19,21H,6-13H2,1H3. The molecular formula is C18H26N2O3. The van der Waals surface area contributed by atoms with E-state index in [0.29, 0.717) is 25.7 Å². The van der Waals surface area contributed by atoms with Crippen molar-refractivity contribution >= 4 is 11.6 Å². The lowest BCUT2D eigenvalue weighted by atomic mass is 9.87. The summed E-state index contributed by atoms with van der Waals surface area (Å²) in [5, 5.41) is 12.9. The number of piperidine rings is 1. The maximum atomic E-state index is 12.8. The molecule has 2 N–H and O–H groups in total. The predicted molar refractivity (Wildman–Crippen MR) is 89.6 cm³/mol. The molecule has 5 heteroatoms. The SMILES string of the molecule is CC1CCN(C(=O)c2ccccc2NCC2(CO)COC2)CC1. The van der Waals surface area contributed by atoms with E-state index >= 15 is 0 Å². The van der Waals surface area contributed by atoms with Gasteiger partial charge in [-0.3, -0.25) is 4.79 Å². The first-order valence-electron chi connectivity index (χ1n) is 8.44. The van der Waals surface area contributed by atoms with Gasteiger partial charge in [0.2, 0.25) is 0 Å². The molecule has 126 valence electrons. The third-order valence-electron chi connectivity index (χ3n) is 5.03. The third-order valence-corrected chi connectivity index (χ3v) is 5.03. The summed E-state index contributed by atoms with van der Waals surface area (Å²) in [5.41, 5.74) is 1.35. The summed E-state index contributed by atoms with van der Waals surface area (Å²) < 4.78 is 5.23. The summed E-state index contributed by atoms with van der Waals surface area (Å²) in [5.74, 6) is 0.804. The zero-order valence-electron chi connectivity index (χ0n) is 13.8. The molecule has 0 aliphatic carbocycles. The minimum atomic E-state index is -0.212. The highest BCUT2D eigenvalue weighted by Crippen LogP contribution is 2.28. The van der Waals surface area contributed by atoms with E-state index in [1.165, 1.54) is 0 Å². The molecule has 2 aliphatic heterocycles. The fraction of sp³-hybridized carbons (Fsp3) is 0.611. The largest absolute Gasteiger partial charge is 0.396 e. The Balaban J connectivity index is 1.68. The van der Waals surface area contributed by atoms with E-state index in [4.69, 9.17) is 4.74 Å². The topological polar surface area (TPSA) is 61.8 Å². The van der Waals surface area contributed by atoms with E-state index in [9.17, 15) is 9.90 Å². The fourth-order valence-electron chi connectivity index (χ4n) is 3.13. The van der Waals surface area contributed by atoms with E-state index < -0.39 is 0 Å². The van der Waals surface area contributed by atoms with E-state index in [1.54, 1.807) is 0 Å². The molecule has 23 heavy (non-hydrogen) atoms. The molecule has 0 radical (unpaired) electrons. The number of para-hydroxylation sites is 1. The van der Waals surface area contributed by atoms with E-state index in [-0.39, 0.29) is 17.9 Å². The number of likely N-dealkylation sites (tertiary alicyclic amines) is 1. The summed E-state index contributed by atoms with van der Waals surface area (Å²) >= 11 is 0. The van der Waals surface area contributed by atoms with Crippen LogP contribution in [0, 0.1) is 11.3 Å². The number of nitrogens with one attached hydrogen (secondary N) is 1. The Kier molecular flexibility index (Phi) is 4.87. The molecular weight excluding hydrogens is 292 g/mol. The quantitative estimate of drug-likeness (QED) is 0.871. The lowest BCUT2D eigenvalue weighted by Crippen LogP contribution is -2.50. The van der Waals surface area contributed by atoms with E-state index in [1.807, 2.05) is 29.2 Å². The number of aliphatic hydroxyl groups is 1. The number of aliphatic hydroxyl groups excluding tert-OH is 1. The number of amides is 1. The van der Waals surface area contributed by atoms with Gasteiger partial charge in [0.25, 0.3) is 5.91 Å². The van der Waals surface area contributed by atoms with Crippen LogP contribution in [0.3, 0.4) is 0 Å². The maximum Gasteiger partial charge on any atom is 0.255 e. The molecule has 1 amide bonds. The van der Waals surface area contributed by atoms with Gasteiger partial charge in [0, 0.05) is 25.3 Å². The molecule has 2 saturated heterocycles. The number of anilines is 1. The molecule has 2 aliphatic rings. The van der Waals surface area contributed by atoms with Crippen LogP contribution < -0.4 is 5.32 Å². The summed E-state index contributed by atoms with van der Waals surface area (Å²) in [6, 6.07) is 7.65. The van der Waals surface area contributed by atoms with Crippen molar-refractivity contribution in [1.29, 1.82) is 0 Å². The molecule has 2 fully saturated rings. The van der Waals surface area contributed by atoms with Crippen molar-refractivity contribution in [3.05, 3.63) is 29.8 Å². The highest BCUT2D eigenvalue weighted by atomic mass is 16.5. The van der Waals surface area contributed by atoms with Crippen LogP contribution >= 0.6 is 0 Å². The van der Waals surface area contributed by atoms with Crippen molar-refractivity contribution < 1.29 is 14.6 Å². The molecule has 0 spiro atoms. The normalized spacial score (nSPS) is 20.9. The van der Waals surface area contributed by atoms with Gasteiger partial charge in [0.15, 0.2) is 0 Å². The minimum absolute atomic E-state index is 0.0973. The first-order valence-corrected chi connectivity index (χ1v) is 8.44. The van der Waals surface area contributed by atoms with Crippen LogP contribution in [0.1, 0.15) is 30.1 Å². The number of carbonyl (C=O) groups excluding carboxylic acids is 1. The van der Waals surface area contributed by atoms with Gasteiger partial charge >= 0.3 is 0 Å². The Bertz CT molecular complexity index is 543. The summed E-state index contributed by atoms with van der Waals surface area (Å²) in [6.07, 6.45) is 2.15. The van der Waals surface area contributed by atoms with Crippen molar-refractivity contribution in [3.63, 3.8) is 0 Å². The number of ether oxygens (including phenoxy) is 1. The highest BCUT2D eigenvalue weighted by Gasteiger charge is 2.38. The van der Waals surface area contributed by atoms with Gasteiger partial charge in [-0.1, -0.05) is 19.1 Å². The van der Waals surface area contributed by atoms with Gasteiger partial charge in [-0.2, -0.15) is 0 Å². The van der Waals surface area contributed by atoms with Crippen molar-refractivity contribution in [1.82, 2.24) is 4.90 Å². The zero-order valence-corrected chi connectivity index (χ0v) is 13.8. The molecule has 3 rings (SSSR count). The lowest BCUT2D eigenvalue weighted by molar-refractivity contribution is -0.128. The van der Waals surface area contributed by atoms with Gasteiger partial charge in [-0.05, 0) is 30.9 Å². The number of hydrogen-bond donors (Lipinski definition) is 2. The van der Waals surface area contributed by atoms with E-state index in [2.05, 4.69) is 12.2 Å². The first-order chi connectivity index (χ1) is 11.1. The molecule has 1 aromatic carbocycles. The molecule has 0 bridgehead atoms. The number of hydrogen-bond acceptors (Lipinski definition) is 4. The Hall–Kier alpha value is -1.59. The molecule has 0 aromatic heterocycles. The Morgan fingerprint density at radius 3 is 2.65 bits per heavy atom. The maximum absolute atomic E-state index is 12.8. The van der Waals surface area contributed by atoms with Crippen LogP contribution in [0.5, 0.6) is 0 Å². The van der Waals surface area contributed by atoms with Crippen molar-refractivity contribution in [2.24, 2.45) is 11.3 Å². The lowest BCUT2D eigenvalue weighted by Gasteiger charge is -2.40. The Morgan fingerprint density at radius 2 is 2.04 bits per heavy atom. The van der Waals surface area contributed by atoms with Crippen molar-refractivity contribution in [2.75, 3.05) is 44.8 Å². The molecule has 1 aromatic rings. The molecule has 0 saturated carbocycles.